The van der Waals surface area contributed by atoms with Crippen LogP contribution in [0.3, 0.4) is 0 Å². The number of aryl methyl sites for hydroxylation is 1. The summed E-state index contributed by atoms with van der Waals surface area (Å²) in [5, 5.41) is 6.64. The Morgan fingerprint density at radius 2 is 1.91 bits per heavy atom. The van der Waals surface area contributed by atoms with Gasteiger partial charge in [-0.25, -0.2) is 27.9 Å². The largest absolute Gasteiger partial charge is 0.388 e. The van der Waals surface area contributed by atoms with Gasteiger partial charge in [0.2, 0.25) is 0 Å². The number of rotatable bonds is 5. The molecular formula is C20H18N6O4S2. The maximum absolute atomic E-state index is 12.8. The lowest BCUT2D eigenvalue weighted by molar-refractivity contribution is 0.256. The minimum atomic E-state index is -3.98. The molecule has 12 heteroatoms. The second-order valence-electron chi connectivity index (χ2n) is 6.73. The third-order valence-electron chi connectivity index (χ3n) is 4.53. The number of sulfonamides is 1. The summed E-state index contributed by atoms with van der Waals surface area (Å²) in [6, 6.07) is 9.28. The van der Waals surface area contributed by atoms with Gasteiger partial charge in [-0.15, -0.1) is 11.3 Å². The summed E-state index contributed by atoms with van der Waals surface area (Å²) >= 11 is 1.05. The molecular weight excluding hydrogens is 452 g/mol. The molecule has 164 valence electrons. The zero-order valence-electron chi connectivity index (χ0n) is 17.0. The first kappa shape index (κ1) is 21.5. The van der Waals surface area contributed by atoms with Gasteiger partial charge in [-0.1, -0.05) is 0 Å². The van der Waals surface area contributed by atoms with Gasteiger partial charge < -0.3 is 5.32 Å². The van der Waals surface area contributed by atoms with E-state index in [2.05, 4.69) is 20.6 Å². The van der Waals surface area contributed by atoms with Crippen molar-refractivity contribution in [3.8, 4) is 5.82 Å². The Morgan fingerprint density at radius 3 is 2.56 bits per heavy atom. The number of nitrogens with one attached hydrogen (secondary N) is 3. The van der Waals surface area contributed by atoms with E-state index < -0.39 is 16.1 Å². The number of carbonyl (C=O) groups excluding carboxylic acids is 1. The van der Waals surface area contributed by atoms with Gasteiger partial charge in [-0.3, -0.25) is 14.7 Å². The van der Waals surface area contributed by atoms with Gasteiger partial charge in [0.25, 0.3) is 15.6 Å². The number of nitrogens with zero attached hydrogens (tertiary/aromatic N) is 3. The van der Waals surface area contributed by atoms with Crippen LogP contribution < -0.4 is 20.9 Å². The summed E-state index contributed by atoms with van der Waals surface area (Å²) in [6.07, 6.45) is 4.13. The van der Waals surface area contributed by atoms with Crippen molar-refractivity contribution in [3.05, 3.63) is 70.2 Å². The van der Waals surface area contributed by atoms with Gasteiger partial charge in [-0.2, -0.15) is 0 Å². The number of thiophene rings is 1. The van der Waals surface area contributed by atoms with Gasteiger partial charge in [-0.05, 0) is 48.7 Å². The van der Waals surface area contributed by atoms with Crippen LogP contribution in [0.5, 0.6) is 0 Å². The lowest BCUT2D eigenvalue weighted by Crippen LogP contribution is -2.34. The van der Waals surface area contributed by atoms with E-state index in [9.17, 15) is 18.0 Å². The maximum Gasteiger partial charge on any atom is 0.334 e. The summed E-state index contributed by atoms with van der Waals surface area (Å²) in [6.45, 7) is 1.77. The SMILES string of the molecule is CNc1ccc2c(=O)n(-c3cnc(NC(=O)NS(=O)(=O)c4ccc(C)s4)cn3)ccc2c1. The van der Waals surface area contributed by atoms with E-state index in [1.54, 1.807) is 44.4 Å². The first-order chi connectivity index (χ1) is 15.3. The number of fused-ring (bicyclic) bond motifs is 1. The lowest BCUT2D eigenvalue weighted by Gasteiger charge is -2.09. The van der Waals surface area contributed by atoms with Gasteiger partial charge in [0, 0.05) is 29.2 Å². The number of hydrogen-bond acceptors (Lipinski definition) is 8. The van der Waals surface area contributed by atoms with Crippen LogP contribution in [0.1, 0.15) is 4.88 Å². The van der Waals surface area contributed by atoms with Crippen molar-refractivity contribution in [2.75, 3.05) is 17.7 Å². The second-order valence-corrected chi connectivity index (χ2v) is 9.92. The molecule has 0 unspecified atom stereocenters. The van der Waals surface area contributed by atoms with Crippen molar-refractivity contribution in [2.24, 2.45) is 0 Å². The predicted octanol–water partition coefficient (Wildman–Crippen LogP) is 2.70. The van der Waals surface area contributed by atoms with Crippen LogP contribution in [0.2, 0.25) is 0 Å². The lowest BCUT2D eigenvalue weighted by atomic mass is 10.1. The number of hydrogen-bond donors (Lipinski definition) is 3. The Bertz CT molecular complexity index is 1480. The standard InChI is InChI=1S/C20H18N6O4S2/c1-12-3-6-18(31-12)32(29,30)25-20(28)24-16-10-23-17(11-22-16)26-8-7-13-9-14(21-2)4-5-15(13)19(26)27/h3-11,21H,1-2H3,(H2,22,24,25,28). The molecule has 0 bridgehead atoms. The van der Waals surface area contributed by atoms with Gasteiger partial charge >= 0.3 is 6.03 Å². The van der Waals surface area contributed by atoms with Crippen LogP contribution in [-0.2, 0) is 10.0 Å². The van der Waals surface area contributed by atoms with E-state index in [4.69, 9.17) is 0 Å². The van der Waals surface area contributed by atoms with Crippen molar-refractivity contribution in [1.29, 1.82) is 0 Å². The van der Waals surface area contributed by atoms with Crippen molar-refractivity contribution < 1.29 is 13.2 Å². The second kappa shape index (κ2) is 8.40. The molecule has 0 radical (unpaired) electrons. The van der Waals surface area contributed by atoms with Crippen LogP contribution in [0, 0.1) is 6.92 Å². The summed E-state index contributed by atoms with van der Waals surface area (Å²) in [5.74, 6) is 0.276. The van der Waals surface area contributed by atoms with Crippen LogP contribution in [-0.4, -0.2) is 36.0 Å². The Balaban J connectivity index is 1.51. The van der Waals surface area contributed by atoms with Crippen LogP contribution in [0.4, 0.5) is 16.3 Å². The number of amides is 2. The molecule has 1 aromatic carbocycles. The number of pyridine rings is 1. The van der Waals surface area contributed by atoms with Crippen molar-refractivity contribution in [1.82, 2.24) is 19.3 Å². The van der Waals surface area contributed by atoms with E-state index in [1.807, 2.05) is 10.8 Å². The molecule has 0 spiro atoms. The Labute approximate surface area is 187 Å². The van der Waals surface area contributed by atoms with Crippen molar-refractivity contribution >= 4 is 49.7 Å². The Hall–Kier alpha value is -3.77. The molecule has 10 nitrogen and oxygen atoms in total. The van der Waals surface area contributed by atoms with Gasteiger partial charge in [0.1, 0.15) is 4.21 Å². The van der Waals surface area contributed by atoms with Gasteiger partial charge in [0.15, 0.2) is 11.6 Å². The third kappa shape index (κ3) is 4.31. The molecule has 2 amide bonds. The molecule has 0 aliphatic heterocycles. The zero-order chi connectivity index (χ0) is 22.9. The smallest absolute Gasteiger partial charge is 0.334 e. The van der Waals surface area contributed by atoms with Crippen LogP contribution >= 0.6 is 11.3 Å². The number of benzene rings is 1. The fraction of sp³-hybridized carbons (Fsp3) is 0.100. The molecule has 0 saturated carbocycles. The fourth-order valence-corrected chi connectivity index (χ4v) is 5.16. The first-order valence-corrected chi connectivity index (χ1v) is 11.6. The Kier molecular flexibility index (Phi) is 5.63. The molecule has 0 atom stereocenters. The normalized spacial score (nSPS) is 11.3. The minimum Gasteiger partial charge on any atom is -0.388 e. The molecule has 0 fully saturated rings. The summed E-state index contributed by atoms with van der Waals surface area (Å²) in [4.78, 5) is 33.9. The molecule has 3 aromatic heterocycles. The number of carbonyl (C=O) groups is 1. The monoisotopic (exact) mass is 470 g/mol. The minimum absolute atomic E-state index is 0.0244. The number of anilines is 2. The zero-order valence-corrected chi connectivity index (χ0v) is 18.6. The quantitative estimate of drug-likeness (QED) is 0.408. The Morgan fingerprint density at radius 1 is 1.09 bits per heavy atom. The van der Waals surface area contributed by atoms with E-state index in [1.165, 1.54) is 23.0 Å². The topological polar surface area (TPSA) is 135 Å². The summed E-state index contributed by atoms with van der Waals surface area (Å²) < 4.78 is 27.8. The summed E-state index contributed by atoms with van der Waals surface area (Å²) in [5.41, 5.74) is 0.620. The van der Waals surface area contributed by atoms with Gasteiger partial charge in [0.05, 0.1) is 12.4 Å². The number of aromatic nitrogens is 3. The molecule has 4 rings (SSSR count). The molecule has 0 saturated heterocycles. The molecule has 4 aromatic rings. The first-order valence-electron chi connectivity index (χ1n) is 9.33. The molecule has 0 aliphatic rings. The van der Waals surface area contributed by atoms with E-state index in [0.717, 1.165) is 27.3 Å². The molecule has 32 heavy (non-hydrogen) atoms. The average molecular weight is 471 g/mol. The summed E-state index contributed by atoms with van der Waals surface area (Å²) in [7, 11) is -2.19. The molecule has 0 aliphatic carbocycles. The van der Waals surface area contributed by atoms with Crippen molar-refractivity contribution in [3.63, 3.8) is 0 Å². The van der Waals surface area contributed by atoms with E-state index in [0.29, 0.717) is 5.39 Å². The highest BCUT2D eigenvalue weighted by atomic mass is 32.2. The highest BCUT2D eigenvalue weighted by molar-refractivity contribution is 7.92. The fourth-order valence-electron chi connectivity index (χ4n) is 2.96. The third-order valence-corrected chi connectivity index (χ3v) is 7.35. The molecule has 3 N–H and O–H groups in total. The highest BCUT2D eigenvalue weighted by Crippen LogP contribution is 2.20. The van der Waals surface area contributed by atoms with Crippen LogP contribution in [0.15, 0.2) is 64.0 Å². The average Bonchev–Trinajstić information content (AvgIpc) is 3.21. The predicted molar refractivity (Wildman–Crippen MR) is 123 cm³/mol. The number of urea groups is 1. The van der Waals surface area contributed by atoms with E-state index >= 15 is 0 Å². The molecule has 3 heterocycles. The highest BCUT2D eigenvalue weighted by Gasteiger charge is 2.19. The van der Waals surface area contributed by atoms with Crippen molar-refractivity contribution in [2.45, 2.75) is 11.1 Å². The van der Waals surface area contributed by atoms with E-state index in [-0.39, 0.29) is 21.4 Å². The maximum atomic E-state index is 12.8. The van der Waals surface area contributed by atoms with Crippen LogP contribution in [0.25, 0.3) is 16.6 Å².